The Morgan fingerprint density at radius 1 is 1.27 bits per heavy atom. The van der Waals surface area contributed by atoms with Crippen LogP contribution in [0.3, 0.4) is 0 Å². The van der Waals surface area contributed by atoms with Crippen LogP contribution in [-0.4, -0.2) is 28.5 Å². The second-order valence-corrected chi connectivity index (χ2v) is 7.62. The summed E-state index contributed by atoms with van der Waals surface area (Å²) in [7, 11) is 0. The van der Waals surface area contributed by atoms with Crippen LogP contribution < -0.4 is 0 Å². The third-order valence-electron chi connectivity index (χ3n) is 6.08. The van der Waals surface area contributed by atoms with E-state index in [1.54, 1.807) is 0 Å². The molecule has 3 unspecified atom stereocenters. The highest BCUT2D eigenvalue weighted by Crippen LogP contribution is 2.68. The summed E-state index contributed by atoms with van der Waals surface area (Å²) in [4.78, 5) is 11.6. The Morgan fingerprint density at radius 2 is 1.82 bits per heavy atom. The largest absolute Gasteiger partial charge is 0.456 e. The van der Waals surface area contributed by atoms with Crippen molar-refractivity contribution in [2.24, 2.45) is 17.3 Å². The number of halogens is 3. The first-order valence-electron chi connectivity index (χ1n) is 7.67. The molecule has 0 aromatic heterocycles. The highest BCUT2D eigenvalue weighted by atomic mass is 19.4. The highest BCUT2D eigenvalue weighted by molar-refractivity contribution is 5.81. The van der Waals surface area contributed by atoms with Gasteiger partial charge in [0.1, 0.15) is 5.60 Å². The molecular weight excluding hydrogens is 297 g/mol. The van der Waals surface area contributed by atoms with Crippen molar-refractivity contribution in [1.29, 1.82) is 0 Å². The normalized spacial score (nSPS) is 42.8. The van der Waals surface area contributed by atoms with Crippen molar-refractivity contribution in [3.63, 3.8) is 0 Å². The lowest BCUT2D eigenvalue weighted by molar-refractivity contribution is -0.330. The van der Waals surface area contributed by atoms with E-state index in [0.29, 0.717) is 25.7 Å². The number of rotatable bonds is 3. The maximum Gasteiger partial charge on any atom is 0.417 e. The Hall–Kier alpha value is -1.04. The Labute approximate surface area is 127 Å². The number of hydrogen-bond acceptors (Lipinski definition) is 3. The SMILES string of the molecule is C=CC(=O)OC12CC3CC(C1)CC(C(C)(O)C(F)(F)F)(C3)C2. The van der Waals surface area contributed by atoms with Crippen LogP contribution in [0.5, 0.6) is 0 Å². The van der Waals surface area contributed by atoms with Crippen molar-refractivity contribution in [3.05, 3.63) is 12.7 Å². The number of alkyl halides is 3. The molecule has 22 heavy (non-hydrogen) atoms. The maximum absolute atomic E-state index is 13.4. The van der Waals surface area contributed by atoms with Crippen molar-refractivity contribution in [2.75, 3.05) is 0 Å². The first-order chi connectivity index (χ1) is 10.0. The molecule has 0 aromatic rings. The molecular formula is C16H21F3O3. The van der Waals surface area contributed by atoms with Crippen LogP contribution in [0.1, 0.15) is 45.4 Å². The Bertz CT molecular complexity index is 495. The third-order valence-corrected chi connectivity index (χ3v) is 6.08. The van der Waals surface area contributed by atoms with E-state index in [0.717, 1.165) is 19.4 Å². The number of hydrogen-bond donors (Lipinski definition) is 1. The molecule has 4 aliphatic carbocycles. The van der Waals surface area contributed by atoms with Crippen LogP contribution in [0.25, 0.3) is 0 Å². The van der Waals surface area contributed by atoms with Gasteiger partial charge < -0.3 is 9.84 Å². The molecule has 4 rings (SSSR count). The molecule has 0 saturated heterocycles. The average molecular weight is 318 g/mol. The predicted octanol–water partition coefficient (Wildman–Crippen LogP) is 3.37. The molecule has 0 radical (unpaired) electrons. The molecule has 0 spiro atoms. The van der Waals surface area contributed by atoms with Crippen molar-refractivity contribution in [3.8, 4) is 0 Å². The highest BCUT2D eigenvalue weighted by Gasteiger charge is 2.71. The van der Waals surface area contributed by atoms with Gasteiger partial charge in [-0.25, -0.2) is 4.79 Å². The topological polar surface area (TPSA) is 46.5 Å². The lowest BCUT2D eigenvalue weighted by Crippen LogP contribution is -2.67. The molecule has 0 heterocycles. The summed E-state index contributed by atoms with van der Waals surface area (Å²) in [6, 6.07) is 0. The number of carbonyl (C=O) groups excluding carboxylic acids is 1. The van der Waals surface area contributed by atoms with Gasteiger partial charge in [-0.05, 0) is 57.3 Å². The third kappa shape index (κ3) is 2.10. The van der Waals surface area contributed by atoms with Gasteiger partial charge in [-0.2, -0.15) is 13.2 Å². The van der Waals surface area contributed by atoms with Gasteiger partial charge >= 0.3 is 12.1 Å². The molecule has 4 bridgehead atoms. The van der Waals surface area contributed by atoms with E-state index in [1.807, 2.05) is 0 Å². The van der Waals surface area contributed by atoms with E-state index in [9.17, 15) is 23.1 Å². The summed E-state index contributed by atoms with van der Waals surface area (Å²) in [5, 5.41) is 10.3. The second kappa shape index (κ2) is 4.49. The van der Waals surface area contributed by atoms with E-state index in [2.05, 4.69) is 6.58 Å². The number of esters is 1. The van der Waals surface area contributed by atoms with Crippen LogP contribution in [0.15, 0.2) is 12.7 Å². The molecule has 4 fully saturated rings. The molecule has 0 amide bonds. The van der Waals surface area contributed by atoms with Crippen LogP contribution in [0, 0.1) is 17.3 Å². The lowest BCUT2D eigenvalue weighted by Gasteiger charge is -2.64. The van der Waals surface area contributed by atoms with Gasteiger partial charge in [0.05, 0.1) is 0 Å². The average Bonchev–Trinajstić information content (AvgIpc) is 2.34. The van der Waals surface area contributed by atoms with E-state index in [4.69, 9.17) is 4.74 Å². The summed E-state index contributed by atoms with van der Waals surface area (Å²) >= 11 is 0. The number of aliphatic hydroxyl groups is 1. The zero-order valence-electron chi connectivity index (χ0n) is 12.6. The minimum absolute atomic E-state index is 0.0766. The molecule has 0 aliphatic heterocycles. The minimum atomic E-state index is -4.69. The first-order valence-corrected chi connectivity index (χ1v) is 7.67. The lowest BCUT2D eigenvalue weighted by atomic mass is 9.44. The van der Waals surface area contributed by atoms with Crippen molar-refractivity contribution < 1.29 is 27.8 Å². The van der Waals surface area contributed by atoms with Crippen molar-refractivity contribution in [2.45, 2.75) is 62.8 Å². The summed E-state index contributed by atoms with van der Waals surface area (Å²) in [5.74, 6) is -0.441. The van der Waals surface area contributed by atoms with Crippen molar-refractivity contribution in [1.82, 2.24) is 0 Å². The van der Waals surface area contributed by atoms with E-state index in [-0.39, 0.29) is 18.3 Å². The molecule has 3 nitrogen and oxygen atoms in total. The fourth-order valence-electron chi connectivity index (χ4n) is 5.42. The minimum Gasteiger partial charge on any atom is -0.456 e. The second-order valence-electron chi connectivity index (χ2n) is 7.62. The fourth-order valence-corrected chi connectivity index (χ4v) is 5.42. The predicted molar refractivity (Wildman–Crippen MR) is 72.8 cm³/mol. The van der Waals surface area contributed by atoms with E-state index in [1.165, 1.54) is 0 Å². The summed E-state index contributed by atoms with van der Waals surface area (Å²) < 4.78 is 45.8. The molecule has 1 N–H and O–H groups in total. The van der Waals surface area contributed by atoms with Crippen molar-refractivity contribution >= 4 is 5.97 Å². The molecule has 3 atom stereocenters. The summed E-state index contributed by atoms with van der Waals surface area (Å²) in [5.41, 5.74) is -4.88. The molecule has 4 aliphatic rings. The Kier molecular flexibility index (Phi) is 3.24. The zero-order chi connectivity index (χ0) is 16.4. The van der Waals surface area contributed by atoms with Crippen LogP contribution >= 0.6 is 0 Å². The van der Waals surface area contributed by atoms with Gasteiger partial charge in [-0.15, -0.1) is 0 Å². The van der Waals surface area contributed by atoms with E-state index < -0.39 is 28.8 Å². The molecule has 6 heteroatoms. The molecule has 4 saturated carbocycles. The summed E-state index contributed by atoms with van der Waals surface area (Å²) in [6.07, 6.45) is -0.804. The van der Waals surface area contributed by atoms with Crippen LogP contribution in [-0.2, 0) is 9.53 Å². The number of carbonyl (C=O) groups is 1. The van der Waals surface area contributed by atoms with Gasteiger partial charge in [-0.1, -0.05) is 6.58 Å². The number of ether oxygens (including phenoxy) is 1. The maximum atomic E-state index is 13.4. The van der Waals surface area contributed by atoms with Gasteiger partial charge in [0.25, 0.3) is 0 Å². The smallest absolute Gasteiger partial charge is 0.417 e. The van der Waals surface area contributed by atoms with Gasteiger partial charge in [0.15, 0.2) is 5.60 Å². The van der Waals surface area contributed by atoms with Gasteiger partial charge in [0.2, 0.25) is 0 Å². The monoisotopic (exact) mass is 318 g/mol. The Morgan fingerprint density at radius 3 is 2.27 bits per heavy atom. The summed E-state index contributed by atoms with van der Waals surface area (Å²) in [6.45, 7) is 4.24. The standard InChI is InChI=1S/C16H21F3O3/c1-3-12(20)22-15-7-10-4-11(8-15)6-14(5-10,9-15)13(2,21)16(17,18)19/h3,10-11,21H,1,4-9H2,2H3. The van der Waals surface area contributed by atoms with Crippen LogP contribution in [0.4, 0.5) is 13.2 Å². The quantitative estimate of drug-likeness (QED) is 0.641. The Balaban J connectivity index is 1.98. The first kappa shape index (κ1) is 15.8. The van der Waals surface area contributed by atoms with Crippen LogP contribution in [0.2, 0.25) is 0 Å². The van der Waals surface area contributed by atoms with Gasteiger partial charge in [-0.3, -0.25) is 0 Å². The van der Waals surface area contributed by atoms with E-state index >= 15 is 0 Å². The molecule has 124 valence electrons. The zero-order valence-corrected chi connectivity index (χ0v) is 12.6. The molecule has 0 aromatic carbocycles. The fraction of sp³-hybridized carbons (Fsp3) is 0.812. The van der Waals surface area contributed by atoms with Gasteiger partial charge in [0, 0.05) is 11.5 Å².